The minimum absolute atomic E-state index is 0.106. The molecule has 6 nitrogen and oxygen atoms in total. The van der Waals surface area contributed by atoms with E-state index in [0.717, 1.165) is 17.5 Å². The predicted octanol–water partition coefficient (Wildman–Crippen LogP) is 4.97. The van der Waals surface area contributed by atoms with Crippen LogP contribution in [0.1, 0.15) is 29.4 Å². The molecule has 29 heavy (non-hydrogen) atoms. The molecule has 146 valence electrons. The fourth-order valence-corrected chi connectivity index (χ4v) is 3.66. The third kappa shape index (κ3) is 3.61. The van der Waals surface area contributed by atoms with Crippen LogP contribution in [-0.2, 0) is 0 Å². The van der Waals surface area contributed by atoms with Crippen LogP contribution in [0.2, 0.25) is 0 Å². The summed E-state index contributed by atoms with van der Waals surface area (Å²) in [5.74, 6) is 1.40. The molecule has 1 aliphatic rings. The average molecular weight is 393 g/mol. The summed E-state index contributed by atoms with van der Waals surface area (Å²) in [7, 11) is 0. The lowest BCUT2D eigenvalue weighted by molar-refractivity contribution is -0.0498. The molecule has 0 saturated heterocycles. The number of H-pyrrole nitrogens is 1. The number of benzene rings is 2. The standard InChI is InChI=1S/C21H17F2N5O/c22-20(23)29-14-6-4-13(5-7-14)27-21-24-9-12(10-25-21)16-8-17(16)15-2-1-3-19-18(15)11-26-28-19/h1-7,9-11,16-17,20H,8H2,(H,26,28)(H,24,25,27). The zero-order chi connectivity index (χ0) is 19.8. The number of ether oxygens (including phenoxy) is 1. The maximum atomic E-state index is 12.2. The van der Waals surface area contributed by atoms with Gasteiger partial charge in [-0.05, 0) is 59.7 Å². The largest absolute Gasteiger partial charge is 0.435 e. The van der Waals surface area contributed by atoms with Crippen molar-refractivity contribution in [2.24, 2.45) is 0 Å². The summed E-state index contributed by atoms with van der Waals surface area (Å²) in [5.41, 5.74) is 4.14. The molecule has 0 bridgehead atoms. The molecule has 8 heteroatoms. The van der Waals surface area contributed by atoms with E-state index in [4.69, 9.17) is 0 Å². The Balaban J connectivity index is 1.26. The molecule has 2 heterocycles. The molecule has 0 aliphatic heterocycles. The van der Waals surface area contributed by atoms with Crippen LogP contribution < -0.4 is 10.1 Å². The van der Waals surface area contributed by atoms with Gasteiger partial charge in [-0.15, -0.1) is 0 Å². The molecule has 5 rings (SSSR count). The molecular weight excluding hydrogens is 376 g/mol. The van der Waals surface area contributed by atoms with E-state index in [0.29, 0.717) is 23.5 Å². The second-order valence-corrected chi connectivity index (χ2v) is 7.00. The molecule has 1 saturated carbocycles. The zero-order valence-electron chi connectivity index (χ0n) is 15.2. The number of nitrogens with zero attached hydrogens (tertiary/aromatic N) is 3. The van der Waals surface area contributed by atoms with Gasteiger partial charge in [-0.25, -0.2) is 9.97 Å². The van der Waals surface area contributed by atoms with Crippen molar-refractivity contribution in [3.63, 3.8) is 0 Å². The molecule has 1 aliphatic carbocycles. The molecule has 1 fully saturated rings. The lowest BCUT2D eigenvalue weighted by atomic mass is 10.0. The Kier molecular flexibility index (Phi) is 4.31. The molecule has 0 amide bonds. The van der Waals surface area contributed by atoms with E-state index < -0.39 is 6.61 Å². The summed E-state index contributed by atoms with van der Waals surface area (Å²) >= 11 is 0. The molecular formula is C21H17F2N5O. The van der Waals surface area contributed by atoms with Crippen molar-refractivity contribution >= 4 is 22.5 Å². The zero-order valence-corrected chi connectivity index (χ0v) is 15.2. The summed E-state index contributed by atoms with van der Waals surface area (Å²) in [6.07, 6.45) is 6.61. The van der Waals surface area contributed by atoms with E-state index in [1.165, 1.54) is 23.1 Å². The van der Waals surface area contributed by atoms with Gasteiger partial charge in [-0.3, -0.25) is 5.10 Å². The highest BCUT2D eigenvalue weighted by Crippen LogP contribution is 2.55. The first-order valence-electron chi connectivity index (χ1n) is 9.23. The highest BCUT2D eigenvalue weighted by Gasteiger charge is 2.40. The van der Waals surface area contributed by atoms with E-state index in [2.05, 4.69) is 36.3 Å². The first kappa shape index (κ1) is 17.5. The van der Waals surface area contributed by atoms with E-state index in [1.54, 1.807) is 12.1 Å². The maximum Gasteiger partial charge on any atom is 0.387 e. The second kappa shape index (κ2) is 7.12. The van der Waals surface area contributed by atoms with Crippen LogP contribution in [0, 0.1) is 0 Å². The summed E-state index contributed by atoms with van der Waals surface area (Å²) in [5, 5.41) is 11.4. The summed E-state index contributed by atoms with van der Waals surface area (Å²) in [6, 6.07) is 12.4. The van der Waals surface area contributed by atoms with Crippen LogP contribution in [0.4, 0.5) is 20.4 Å². The van der Waals surface area contributed by atoms with Crippen LogP contribution in [0.5, 0.6) is 5.75 Å². The van der Waals surface area contributed by atoms with Gasteiger partial charge in [-0.2, -0.15) is 13.9 Å². The third-order valence-electron chi connectivity index (χ3n) is 5.14. The van der Waals surface area contributed by atoms with Gasteiger partial charge in [0, 0.05) is 23.5 Å². The van der Waals surface area contributed by atoms with Crippen molar-refractivity contribution in [2.75, 3.05) is 5.32 Å². The Morgan fingerprint density at radius 2 is 1.79 bits per heavy atom. The first-order chi connectivity index (χ1) is 14.2. The quantitative estimate of drug-likeness (QED) is 0.484. The molecule has 2 aromatic carbocycles. The lowest BCUT2D eigenvalue weighted by Gasteiger charge is -2.08. The maximum absolute atomic E-state index is 12.2. The lowest BCUT2D eigenvalue weighted by Crippen LogP contribution is -2.02. The molecule has 0 radical (unpaired) electrons. The smallest absolute Gasteiger partial charge is 0.387 e. The Labute approximate surface area is 165 Å². The molecule has 2 N–H and O–H groups in total. The SMILES string of the molecule is FC(F)Oc1ccc(Nc2ncc(C3CC3c3cccc4[nH]ncc34)cn2)cc1. The van der Waals surface area contributed by atoms with Gasteiger partial charge in [0.05, 0.1) is 11.7 Å². The summed E-state index contributed by atoms with van der Waals surface area (Å²) in [4.78, 5) is 8.79. The number of hydrogen-bond donors (Lipinski definition) is 2. The Hall–Kier alpha value is -3.55. The number of aromatic nitrogens is 4. The topological polar surface area (TPSA) is 75.7 Å². The number of aromatic amines is 1. The minimum atomic E-state index is -2.84. The normalized spacial score (nSPS) is 18.2. The van der Waals surface area contributed by atoms with E-state index in [1.807, 2.05) is 30.7 Å². The van der Waals surface area contributed by atoms with Crippen molar-refractivity contribution in [1.29, 1.82) is 0 Å². The highest BCUT2D eigenvalue weighted by molar-refractivity contribution is 5.82. The van der Waals surface area contributed by atoms with Crippen LogP contribution in [0.3, 0.4) is 0 Å². The number of anilines is 2. The Bertz CT molecular complexity index is 1130. The van der Waals surface area contributed by atoms with Crippen LogP contribution >= 0.6 is 0 Å². The highest BCUT2D eigenvalue weighted by atomic mass is 19.3. The van der Waals surface area contributed by atoms with Gasteiger partial charge >= 0.3 is 6.61 Å². The van der Waals surface area contributed by atoms with Crippen LogP contribution in [0.25, 0.3) is 10.9 Å². The molecule has 4 aromatic rings. The van der Waals surface area contributed by atoms with Gasteiger partial charge < -0.3 is 10.1 Å². The second-order valence-electron chi connectivity index (χ2n) is 7.00. The molecule has 2 unspecified atom stereocenters. The first-order valence-corrected chi connectivity index (χ1v) is 9.23. The Morgan fingerprint density at radius 3 is 2.55 bits per heavy atom. The van der Waals surface area contributed by atoms with Crippen LogP contribution in [0.15, 0.2) is 61.1 Å². The van der Waals surface area contributed by atoms with Crippen molar-refractivity contribution in [2.45, 2.75) is 24.9 Å². The van der Waals surface area contributed by atoms with E-state index in [9.17, 15) is 8.78 Å². The minimum Gasteiger partial charge on any atom is -0.435 e. The average Bonchev–Trinajstić information content (AvgIpc) is 3.36. The van der Waals surface area contributed by atoms with Gasteiger partial charge in [0.1, 0.15) is 5.75 Å². The van der Waals surface area contributed by atoms with Crippen molar-refractivity contribution in [3.8, 4) is 5.75 Å². The van der Waals surface area contributed by atoms with Crippen molar-refractivity contribution < 1.29 is 13.5 Å². The number of fused-ring (bicyclic) bond motifs is 1. The number of hydrogen-bond acceptors (Lipinski definition) is 5. The molecule has 2 atom stereocenters. The molecule has 2 aromatic heterocycles. The Morgan fingerprint density at radius 1 is 1.00 bits per heavy atom. The number of halogens is 2. The molecule has 0 spiro atoms. The fourth-order valence-electron chi connectivity index (χ4n) is 3.66. The van der Waals surface area contributed by atoms with E-state index in [-0.39, 0.29) is 5.75 Å². The van der Waals surface area contributed by atoms with Gasteiger partial charge in [0.15, 0.2) is 0 Å². The monoisotopic (exact) mass is 393 g/mol. The van der Waals surface area contributed by atoms with Gasteiger partial charge in [0.2, 0.25) is 5.95 Å². The fraction of sp³-hybridized carbons (Fsp3) is 0.190. The van der Waals surface area contributed by atoms with Crippen LogP contribution in [-0.4, -0.2) is 26.8 Å². The van der Waals surface area contributed by atoms with E-state index >= 15 is 0 Å². The van der Waals surface area contributed by atoms with Gasteiger partial charge in [-0.1, -0.05) is 12.1 Å². The number of nitrogens with one attached hydrogen (secondary N) is 2. The van der Waals surface area contributed by atoms with Crippen molar-refractivity contribution in [1.82, 2.24) is 20.2 Å². The van der Waals surface area contributed by atoms with Gasteiger partial charge in [0.25, 0.3) is 0 Å². The third-order valence-corrected chi connectivity index (χ3v) is 5.14. The van der Waals surface area contributed by atoms with Crippen molar-refractivity contribution in [3.05, 3.63) is 72.2 Å². The number of alkyl halides is 2. The predicted molar refractivity (Wildman–Crippen MR) is 105 cm³/mol. The summed E-state index contributed by atoms with van der Waals surface area (Å²) in [6.45, 7) is -2.84. The summed E-state index contributed by atoms with van der Waals surface area (Å²) < 4.78 is 28.8. The number of rotatable bonds is 6.